The van der Waals surface area contributed by atoms with Gasteiger partial charge in [0.05, 0.1) is 5.69 Å². The topological polar surface area (TPSA) is 49.9 Å². The number of nitrogens with one attached hydrogen (secondary N) is 1. The quantitative estimate of drug-likeness (QED) is 0.671. The molecule has 0 bridgehead atoms. The van der Waals surface area contributed by atoms with Crippen LogP contribution in [0.2, 0.25) is 0 Å². The second-order valence-corrected chi connectivity index (χ2v) is 10.4. The summed E-state index contributed by atoms with van der Waals surface area (Å²) < 4.78 is 0. The van der Waals surface area contributed by atoms with Crippen LogP contribution in [0.3, 0.4) is 0 Å². The third-order valence-corrected chi connectivity index (χ3v) is 8.79. The molecule has 4 aliphatic rings. The molecule has 3 heteroatoms. The fourth-order valence-electron chi connectivity index (χ4n) is 7.60. The lowest BCUT2D eigenvalue weighted by Crippen LogP contribution is -2.57. The third-order valence-electron chi connectivity index (χ3n) is 8.79. The molecule has 4 atom stereocenters. The van der Waals surface area contributed by atoms with Crippen LogP contribution in [0, 0.1) is 28.1 Å². The van der Waals surface area contributed by atoms with Gasteiger partial charge in [-0.2, -0.15) is 0 Å². The molecule has 0 aliphatic heterocycles. The summed E-state index contributed by atoms with van der Waals surface area (Å²) in [6.07, 6.45) is 11.0. The average Bonchev–Trinajstić information content (AvgIpc) is 2.98. The van der Waals surface area contributed by atoms with Crippen molar-refractivity contribution in [2.45, 2.75) is 66.2 Å². The summed E-state index contributed by atoms with van der Waals surface area (Å²) >= 11 is 0. The van der Waals surface area contributed by atoms with Gasteiger partial charge in [0.1, 0.15) is 0 Å². The normalized spacial score (nSPS) is 40.4. The largest absolute Gasteiger partial charge is 0.358 e. The lowest BCUT2D eigenvalue weighted by molar-refractivity contribution is -0.115. The third kappa shape index (κ3) is 1.80. The number of hydrogen-bond donors (Lipinski definition) is 1. The fraction of sp³-hybridized carbons (Fsp3) is 0.652. The first-order valence-corrected chi connectivity index (χ1v) is 10.2. The Balaban J connectivity index is 1.70. The Kier molecular flexibility index (Phi) is 3.05. The van der Waals surface area contributed by atoms with Gasteiger partial charge in [0.2, 0.25) is 11.6 Å². The van der Waals surface area contributed by atoms with E-state index in [9.17, 15) is 9.59 Å². The Labute approximate surface area is 155 Å². The number of allylic oxidation sites excluding steroid dienone is 2. The van der Waals surface area contributed by atoms with Gasteiger partial charge in [-0.15, -0.1) is 0 Å². The standard InChI is InChI=1S/C23H29NO2/c1-21(2)7-5-8-23(4)16(21)6-9-22(3)14-11-15(25)20(26)19-18(14)13(12-24-19)10-17(22)23/h11-12,16-17,24H,5-10H2,1-4H3/t16-,17?,22-,23-/m0/s1. The van der Waals surface area contributed by atoms with Crippen LogP contribution >= 0.6 is 0 Å². The van der Waals surface area contributed by atoms with E-state index in [0.29, 0.717) is 22.4 Å². The van der Waals surface area contributed by atoms with Crippen LogP contribution in [0.5, 0.6) is 0 Å². The van der Waals surface area contributed by atoms with Crippen molar-refractivity contribution in [3.63, 3.8) is 0 Å². The van der Waals surface area contributed by atoms with Gasteiger partial charge in [0.15, 0.2) is 0 Å². The number of Topliss-reactive ketones (excluding diaryl/α,β-unsaturated/α-hetero) is 1. The molecule has 0 radical (unpaired) electrons. The maximum atomic E-state index is 12.4. The van der Waals surface area contributed by atoms with Crippen LogP contribution in [0.4, 0.5) is 0 Å². The van der Waals surface area contributed by atoms with Gasteiger partial charge in [-0.25, -0.2) is 0 Å². The Morgan fingerprint density at radius 2 is 1.81 bits per heavy atom. The lowest BCUT2D eigenvalue weighted by Gasteiger charge is -2.64. The van der Waals surface area contributed by atoms with Gasteiger partial charge in [-0.3, -0.25) is 9.59 Å². The Bertz CT molecular complexity index is 873. The van der Waals surface area contributed by atoms with Crippen molar-refractivity contribution in [3.05, 3.63) is 29.1 Å². The Morgan fingerprint density at radius 3 is 2.58 bits per heavy atom. The molecule has 26 heavy (non-hydrogen) atoms. The molecule has 1 N–H and O–H groups in total. The van der Waals surface area contributed by atoms with Crippen LogP contribution in [0.15, 0.2) is 12.3 Å². The molecule has 5 rings (SSSR count). The minimum absolute atomic E-state index is 0.00102. The maximum absolute atomic E-state index is 12.4. The number of hydrogen-bond acceptors (Lipinski definition) is 2. The minimum atomic E-state index is -0.365. The molecule has 0 amide bonds. The predicted molar refractivity (Wildman–Crippen MR) is 102 cm³/mol. The monoisotopic (exact) mass is 351 g/mol. The number of H-pyrrole nitrogens is 1. The van der Waals surface area contributed by atoms with Crippen LogP contribution in [0.25, 0.3) is 5.57 Å². The van der Waals surface area contributed by atoms with E-state index in [1.807, 2.05) is 6.20 Å². The SMILES string of the molecule is CC1(C)CCC[C@]2(C)C3Cc4c[nH]c5c4C(=CC(=O)C5=O)[C@]3(C)CC[C@@H]12. The number of carbonyl (C=O) groups excluding carboxylic acids is 2. The van der Waals surface area contributed by atoms with Crippen LogP contribution in [-0.4, -0.2) is 16.6 Å². The number of rotatable bonds is 0. The van der Waals surface area contributed by atoms with E-state index in [2.05, 4.69) is 32.7 Å². The summed E-state index contributed by atoms with van der Waals surface area (Å²) in [5.41, 5.74) is 4.69. The van der Waals surface area contributed by atoms with Crippen molar-refractivity contribution >= 4 is 17.1 Å². The first-order chi connectivity index (χ1) is 12.2. The molecular formula is C23H29NO2. The number of fused-ring (bicyclic) bond motifs is 4. The van der Waals surface area contributed by atoms with Crippen molar-refractivity contribution < 1.29 is 9.59 Å². The van der Waals surface area contributed by atoms with E-state index in [1.54, 1.807) is 6.08 Å². The molecular weight excluding hydrogens is 322 g/mol. The molecule has 4 aliphatic carbocycles. The zero-order valence-corrected chi connectivity index (χ0v) is 16.4. The summed E-state index contributed by atoms with van der Waals surface area (Å²) in [6, 6.07) is 0. The van der Waals surface area contributed by atoms with E-state index < -0.39 is 0 Å². The molecule has 138 valence electrons. The average molecular weight is 351 g/mol. The molecule has 0 saturated heterocycles. The van der Waals surface area contributed by atoms with E-state index in [-0.39, 0.29) is 17.0 Å². The molecule has 1 heterocycles. The van der Waals surface area contributed by atoms with E-state index >= 15 is 0 Å². The molecule has 0 aromatic carbocycles. The lowest BCUT2D eigenvalue weighted by atomic mass is 9.40. The van der Waals surface area contributed by atoms with Crippen molar-refractivity contribution in [3.8, 4) is 0 Å². The highest BCUT2D eigenvalue weighted by Gasteiger charge is 2.61. The van der Waals surface area contributed by atoms with Gasteiger partial charge in [0, 0.05) is 11.8 Å². The maximum Gasteiger partial charge on any atom is 0.249 e. The molecule has 2 saturated carbocycles. The number of carbonyl (C=O) groups is 2. The van der Waals surface area contributed by atoms with E-state index in [1.165, 1.54) is 31.2 Å². The summed E-state index contributed by atoms with van der Waals surface area (Å²) in [4.78, 5) is 27.9. The van der Waals surface area contributed by atoms with Crippen molar-refractivity contribution in [1.82, 2.24) is 4.98 Å². The highest BCUT2D eigenvalue weighted by atomic mass is 16.2. The van der Waals surface area contributed by atoms with Crippen LogP contribution in [0.1, 0.15) is 81.4 Å². The smallest absolute Gasteiger partial charge is 0.249 e. The summed E-state index contributed by atoms with van der Waals surface area (Å²) in [5.74, 6) is 0.565. The first-order valence-electron chi connectivity index (χ1n) is 10.2. The summed E-state index contributed by atoms with van der Waals surface area (Å²) in [5, 5.41) is 0. The van der Waals surface area contributed by atoms with Gasteiger partial charge >= 0.3 is 0 Å². The predicted octanol–water partition coefficient (Wildman–Crippen LogP) is 4.97. The van der Waals surface area contributed by atoms with Crippen molar-refractivity contribution in [2.24, 2.45) is 28.1 Å². The Morgan fingerprint density at radius 1 is 1.04 bits per heavy atom. The number of ketones is 2. The summed E-state index contributed by atoms with van der Waals surface area (Å²) in [7, 11) is 0. The number of aromatic nitrogens is 1. The highest BCUT2D eigenvalue weighted by molar-refractivity contribution is 6.50. The van der Waals surface area contributed by atoms with E-state index in [4.69, 9.17) is 0 Å². The molecule has 0 spiro atoms. The van der Waals surface area contributed by atoms with Crippen molar-refractivity contribution in [1.29, 1.82) is 0 Å². The van der Waals surface area contributed by atoms with Crippen LogP contribution < -0.4 is 0 Å². The van der Waals surface area contributed by atoms with Gasteiger partial charge in [0.25, 0.3) is 0 Å². The van der Waals surface area contributed by atoms with Crippen molar-refractivity contribution in [2.75, 3.05) is 0 Å². The minimum Gasteiger partial charge on any atom is -0.358 e. The molecule has 3 nitrogen and oxygen atoms in total. The van der Waals surface area contributed by atoms with Crippen LogP contribution in [-0.2, 0) is 11.2 Å². The molecule has 1 unspecified atom stereocenters. The molecule has 1 aromatic rings. The second kappa shape index (κ2) is 4.79. The highest BCUT2D eigenvalue weighted by Crippen LogP contribution is 2.69. The zero-order chi connectivity index (χ0) is 18.5. The van der Waals surface area contributed by atoms with E-state index in [0.717, 1.165) is 29.9 Å². The van der Waals surface area contributed by atoms with Gasteiger partial charge < -0.3 is 4.98 Å². The molecule has 2 fully saturated rings. The fourth-order valence-corrected chi connectivity index (χ4v) is 7.60. The Hall–Kier alpha value is -1.64. The summed E-state index contributed by atoms with van der Waals surface area (Å²) in [6.45, 7) is 9.82. The van der Waals surface area contributed by atoms with Gasteiger partial charge in [-0.05, 0) is 77.4 Å². The van der Waals surface area contributed by atoms with Gasteiger partial charge in [-0.1, -0.05) is 34.1 Å². The second-order valence-electron chi connectivity index (χ2n) is 10.4. The molecule has 1 aromatic heterocycles. The first kappa shape index (κ1) is 16.5. The number of aromatic amines is 1. The zero-order valence-electron chi connectivity index (χ0n) is 16.4.